The highest BCUT2D eigenvalue weighted by molar-refractivity contribution is 4.71. The van der Waals surface area contributed by atoms with Crippen LogP contribution in [0.4, 0.5) is 0 Å². The molecule has 0 bridgehead atoms. The maximum absolute atomic E-state index is 6.24. The van der Waals surface area contributed by atoms with E-state index >= 15 is 0 Å². The van der Waals surface area contributed by atoms with Crippen LogP contribution in [-0.4, -0.2) is 19.3 Å². The summed E-state index contributed by atoms with van der Waals surface area (Å²) < 4.78 is 5.38. The van der Waals surface area contributed by atoms with E-state index in [1.807, 2.05) is 0 Å². The van der Waals surface area contributed by atoms with Gasteiger partial charge < -0.3 is 10.5 Å². The molecule has 0 saturated carbocycles. The van der Waals surface area contributed by atoms with Crippen LogP contribution >= 0.6 is 0 Å². The van der Waals surface area contributed by atoms with Gasteiger partial charge in [0.15, 0.2) is 0 Å². The fraction of sp³-hybridized carbons (Fsp3) is 1.00. The van der Waals surface area contributed by atoms with Crippen LogP contribution in [0, 0.1) is 11.8 Å². The third-order valence-electron chi connectivity index (χ3n) is 4.39. The molecule has 102 valence electrons. The van der Waals surface area contributed by atoms with Crippen LogP contribution in [0.3, 0.4) is 0 Å². The first-order chi connectivity index (χ1) is 8.27. The smallest absolute Gasteiger partial charge is 0.0468 e. The number of hydrogen-bond acceptors (Lipinski definition) is 2. The van der Waals surface area contributed by atoms with Crippen molar-refractivity contribution in [1.82, 2.24) is 0 Å². The molecule has 0 radical (unpaired) electrons. The largest absolute Gasteiger partial charge is 0.381 e. The van der Waals surface area contributed by atoms with E-state index in [4.69, 9.17) is 10.5 Å². The Labute approximate surface area is 107 Å². The van der Waals surface area contributed by atoms with Gasteiger partial charge in [-0.2, -0.15) is 0 Å². The molecular weight excluding hydrogens is 210 g/mol. The average molecular weight is 241 g/mol. The summed E-state index contributed by atoms with van der Waals surface area (Å²) in [4.78, 5) is 0. The first-order valence-corrected chi connectivity index (χ1v) is 7.61. The lowest BCUT2D eigenvalue weighted by atomic mass is 9.89. The Hall–Kier alpha value is -0.0800. The molecule has 0 aromatic heterocycles. The molecule has 0 aliphatic carbocycles. The lowest BCUT2D eigenvalue weighted by Crippen LogP contribution is -2.29. The van der Waals surface area contributed by atoms with Gasteiger partial charge in [0, 0.05) is 19.3 Å². The van der Waals surface area contributed by atoms with E-state index in [0.717, 1.165) is 25.0 Å². The Balaban J connectivity index is 2.02. The zero-order chi connectivity index (χ0) is 12.5. The molecule has 1 rings (SSSR count). The summed E-state index contributed by atoms with van der Waals surface area (Å²) in [5.41, 5.74) is 6.24. The lowest BCUT2D eigenvalue weighted by Gasteiger charge is -2.23. The summed E-state index contributed by atoms with van der Waals surface area (Å²) in [6, 6.07) is 0.430. The molecule has 0 spiro atoms. The van der Waals surface area contributed by atoms with Crippen LogP contribution < -0.4 is 5.73 Å². The SMILES string of the molecule is CCC(CC)C(N)CCCCC1CCOCC1. The molecule has 1 saturated heterocycles. The zero-order valence-electron chi connectivity index (χ0n) is 11.8. The number of unbranched alkanes of at least 4 members (excludes halogenated alkanes) is 1. The van der Waals surface area contributed by atoms with Crippen LogP contribution in [0.5, 0.6) is 0 Å². The van der Waals surface area contributed by atoms with Crippen molar-refractivity contribution in [2.75, 3.05) is 13.2 Å². The number of nitrogens with two attached hydrogens (primary N) is 1. The molecule has 0 amide bonds. The molecule has 1 heterocycles. The Morgan fingerprint density at radius 3 is 2.35 bits per heavy atom. The molecule has 2 heteroatoms. The molecule has 0 aromatic carbocycles. The Bertz CT molecular complexity index is 174. The van der Waals surface area contributed by atoms with E-state index in [1.54, 1.807) is 0 Å². The second kappa shape index (κ2) is 8.93. The number of hydrogen-bond donors (Lipinski definition) is 1. The Morgan fingerprint density at radius 1 is 1.12 bits per heavy atom. The quantitative estimate of drug-likeness (QED) is 0.657. The van der Waals surface area contributed by atoms with Crippen LogP contribution in [0.15, 0.2) is 0 Å². The van der Waals surface area contributed by atoms with Crippen molar-refractivity contribution in [3.63, 3.8) is 0 Å². The predicted octanol–water partition coefficient (Wildman–Crippen LogP) is 3.74. The lowest BCUT2D eigenvalue weighted by molar-refractivity contribution is 0.0630. The molecule has 1 unspecified atom stereocenters. The van der Waals surface area contributed by atoms with Crippen molar-refractivity contribution in [2.45, 2.75) is 71.3 Å². The van der Waals surface area contributed by atoms with Crippen molar-refractivity contribution in [3.8, 4) is 0 Å². The molecule has 17 heavy (non-hydrogen) atoms. The van der Waals surface area contributed by atoms with Gasteiger partial charge in [0.1, 0.15) is 0 Å². The van der Waals surface area contributed by atoms with Gasteiger partial charge in [-0.05, 0) is 31.1 Å². The van der Waals surface area contributed by atoms with E-state index in [9.17, 15) is 0 Å². The van der Waals surface area contributed by atoms with Gasteiger partial charge >= 0.3 is 0 Å². The minimum Gasteiger partial charge on any atom is -0.381 e. The van der Waals surface area contributed by atoms with Crippen LogP contribution in [0.25, 0.3) is 0 Å². The normalized spacial score (nSPS) is 19.8. The summed E-state index contributed by atoms with van der Waals surface area (Å²) in [7, 11) is 0. The fourth-order valence-electron chi connectivity index (χ4n) is 2.98. The van der Waals surface area contributed by atoms with Gasteiger partial charge in [-0.3, -0.25) is 0 Å². The van der Waals surface area contributed by atoms with E-state index in [1.165, 1.54) is 51.4 Å². The summed E-state index contributed by atoms with van der Waals surface area (Å²) in [5, 5.41) is 0. The van der Waals surface area contributed by atoms with Gasteiger partial charge in [-0.1, -0.05) is 46.0 Å². The van der Waals surface area contributed by atoms with Crippen LogP contribution in [0.2, 0.25) is 0 Å². The van der Waals surface area contributed by atoms with Crippen LogP contribution in [0.1, 0.15) is 65.2 Å². The van der Waals surface area contributed by atoms with Gasteiger partial charge in [-0.15, -0.1) is 0 Å². The highest BCUT2D eigenvalue weighted by Crippen LogP contribution is 2.22. The van der Waals surface area contributed by atoms with Gasteiger partial charge in [0.05, 0.1) is 0 Å². The maximum atomic E-state index is 6.24. The maximum Gasteiger partial charge on any atom is 0.0468 e. The first kappa shape index (κ1) is 15.0. The molecule has 1 fully saturated rings. The number of ether oxygens (including phenoxy) is 1. The van der Waals surface area contributed by atoms with Gasteiger partial charge in [0.2, 0.25) is 0 Å². The third kappa shape index (κ3) is 5.87. The van der Waals surface area contributed by atoms with Crippen LogP contribution in [-0.2, 0) is 4.74 Å². The van der Waals surface area contributed by atoms with Crippen molar-refractivity contribution in [3.05, 3.63) is 0 Å². The molecule has 0 aromatic rings. The minimum atomic E-state index is 0.430. The van der Waals surface area contributed by atoms with E-state index in [0.29, 0.717) is 6.04 Å². The average Bonchev–Trinajstić information content (AvgIpc) is 2.37. The second-order valence-corrected chi connectivity index (χ2v) is 5.58. The van der Waals surface area contributed by atoms with Gasteiger partial charge in [-0.25, -0.2) is 0 Å². The third-order valence-corrected chi connectivity index (χ3v) is 4.39. The molecule has 1 aliphatic heterocycles. The molecule has 1 atom stereocenters. The topological polar surface area (TPSA) is 35.2 Å². The van der Waals surface area contributed by atoms with E-state index in [-0.39, 0.29) is 0 Å². The highest BCUT2D eigenvalue weighted by atomic mass is 16.5. The number of rotatable bonds is 8. The second-order valence-electron chi connectivity index (χ2n) is 5.58. The summed E-state index contributed by atoms with van der Waals surface area (Å²) in [6.45, 7) is 6.49. The fourth-order valence-corrected chi connectivity index (χ4v) is 2.98. The zero-order valence-corrected chi connectivity index (χ0v) is 11.8. The Kier molecular flexibility index (Phi) is 7.87. The predicted molar refractivity (Wildman–Crippen MR) is 74.1 cm³/mol. The van der Waals surface area contributed by atoms with Gasteiger partial charge in [0.25, 0.3) is 0 Å². The summed E-state index contributed by atoms with van der Waals surface area (Å²) in [5.74, 6) is 1.66. The summed E-state index contributed by atoms with van der Waals surface area (Å²) >= 11 is 0. The standard InChI is InChI=1S/C15H31NO/c1-3-14(4-2)15(16)8-6-5-7-13-9-11-17-12-10-13/h13-15H,3-12,16H2,1-2H3. The Morgan fingerprint density at radius 2 is 1.76 bits per heavy atom. The molecule has 2 nitrogen and oxygen atoms in total. The van der Waals surface area contributed by atoms with E-state index in [2.05, 4.69) is 13.8 Å². The van der Waals surface area contributed by atoms with Crippen molar-refractivity contribution in [2.24, 2.45) is 17.6 Å². The van der Waals surface area contributed by atoms with Crippen molar-refractivity contribution < 1.29 is 4.74 Å². The monoisotopic (exact) mass is 241 g/mol. The first-order valence-electron chi connectivity index (χ1n) is 7.61. The van der Waals surface area contributed by atoms with Crippen molar-refractivity contribution in [1.29, 1.82) is 0 Å². The van der Waals surface area contributed by atoms with Crippen molar-refractivity contribution >= 4 is 0 Å². The van der Waals surface area contributed by atoms with E-state index < -0.39 is 0 Å². The molecule has 2 N–H and O–H groups in total. The highest BCUT2D eigenvalue weighted by Gasteiger charge is 2.15. The molecule has 1 aliphatic rings. The minimum absolute atomic E-state index is 0.430. The summed E-state index contributed by atoms with van der Waals surface area (Å²) in [6.07, 6.45) is 10.3. The molecular formula is C15H31NO.